The first-order chi connectivity index (χ1) is 9.56. The number of nitrogens with one attached hydrogen (secondary N) is 1. The number of thiocarbonyl (C=S) groups is 1. The van der Waals surface area contributed by atoms with E-state index < -0.39 is 5.41 Å². The maximum absolute atomic E-state index is 12.6. The van der Waals surface area contributed by atoms with E-state index in [0.717, 1.165) is 26.1 Å². The van der Waals surface area contributed by atoms with Crippen molar-refractivity contribution in [2.45, 2.75) is 38.6 Å². The molecule has 2 aliphatic heterocycles. The van der Waals surface area contributed by atoms with E-state index >= 15 is 0 Å². The maximum Gasteiger partial charge on any atom is 0.233 e. The largest absolute Gasteiger partial charge is 0.392 e. The van der Waals surface area contributed by atoms with Gasteiger partial charge in [0.2, 0.25) is 5.91 Å². The van der Waals surface area contributed by atoms with Gasteiger partial charge in [-0.2, -0.15) is 0 Å². The Bertz CT molecular complexity index is 363. The smallest absolute Gasteiger partial charge is 0.233 e. The fourth-order valence-electron chi connectivity index (χ4n) is 2.98. The predicted octanol–water partition coefficient (Wildman–Crippen LogP) is 1.00. The molecule has 2 rings (SSSR count). The molecule has 20 heavy (non-hydrogen) atoms. The molecule has 0 saturated carbocycles. The maximum atomic E-state index is 12.6. The second-order valence-corrected chi connectivity index (χ2v) is 6.21. The van der Waals surface area contributed by atoms with Crippen LogP contribution >= 0.6 is 12.2 Å². The lowest BCUT2D eigenvalue weighted by Crippen LogP contribution is -2.54. The van der Waals surface area contributed by atoms with E-state index in [1.807, 2.05) is 0 Å². The summed E-state index contributed by atoms with van der Waals surface area (Å²) < 4.78 is 10.7. The molecule has 0 radical (unpaired) electrons. The van der Waals surface area contributed by atoms with Crippen molar-refractivity contribution >= 4 is 23.1 Å². The van der Waals surface area contributed by atoms with Crippen LogP contribution in [0.1, 0.15) is 32.6 Å². The number of hydrogen-bond acceptors (Lipinski definition) is 4. The van der Waals surface area contributed by atoms with Crippen LogP contribution in [0.25, 0.3) is 0 Å². The zero-order valence-electron chi connectivity index (χ0n) is 12.0. The summed E-state index contributed by atoms with van der Waals surface area (Å²) in [5.41, 5.74) is 5.12. The fourth-order valence-corrected chi connectivity index (χ4v) is 3.28. The zero-order chi connectivity index (χ0) is 14.6. The molecule has 6 heteroatoms. The van der Waals surface area contributed by atoms with Gasteiger partial charge in [0, 0.05) is 32.5 Å². The van der Waals surface area contributed by atoms with Gasteiger partial charge in [-0.15, -0.1) is 0 Å². The number of carbonyl (C=O) groups is 1. The first kappa shape index (κ1) is 15.7. The summed E-state index contributed by atoms with van der Waals surface area (Å²) in [5, 5.41) is 3.12. The summed E-state index contributed by atoms with van der Waals surface area (Å²) in [6.07, 6.45) is 3.14. The first-order valence-corrected chi connectivity index (χ1v) is 7.73. The summed E-state index contributed by atoms with van der Waals surface area (Å²) in [6.45, 7) is 4.69. The van der Waals surface area contributed by atoms with Gasteiger partial charge in [0.1, 0.15) is 5.41 Å². The van der Waals surface area contributed by atoms with Crippen molar-refractivity contribution in [3.8, 4) is 0 Å². The van der Waals surface area contributed by atoms with Gasteiger partial charge in [-0.3, -0.25) is 4.79 Å². The highest BCUT2D eigenvalue weighted by Crippen LogP contribution is 2.32. The lowest BCUT2D eigenvalue weighted by atomic mass is 9.78. The van der Waals surface area contributed by atoms with Crippen LogP contribution in [0.15, 0.2) is 0 Å². The van der Waals surface area contributed by atoms with Crippen LogP contribution in [0, 0.1) is 11.3 Å². The molecular formula is C14H24N2O3S. The molecule has 0 aromatic heterocycles. The Balaban J connectivity index is 1.99. The molecule has 1 atom stereocenters. The van der Waals surface area contributed by atoms with Crippen LogP contribution in [0.3, 0.4) is 0 Å². The average Bonchev–Trinajstić information content (AvgIpc) is 2.48. The molecule has 0 spiro atoms. The van der Waals surface area contributed by atoms with Crippen LogP contribution in [-0.2, 0) is 14.3 Å². The number of carbonyl (C=O) groups excluding carboxylic acids is 1. The van der Waals surface area contributed by atoms with E-state index in [4.69, 9.17) is 27.4 Å². The van der Waals surface area contributed by atoms with Crippen molar-refractivity contribution in [2.24, 2.45) is 17.1 Å². The van der Waals surface area contributed by atoms with E-state index in [2.05, 4.69) is 12.2 Å². The molecule has 0 aromatic carbocycles. The average molecular weight is 300 g/mol. The third kappa shape index (κ3) is 3.30. The summed E-state index contributed by atoms with van der Waals surface area (Å²) in [6, 6.07) is 0.125. The second-order valence-electron chi connectivity index (χ2n) is 5.77. The number of hydrogen-bond donors (Lipinski definition) is 2. The number of rotatable bonds is 4. The van der Waals surface area contributed by atoms with Gasteiger partial charge in [-0.05, 0) is 38.5 Å². The molecule has 0 aromatic rings. The van der Waals surface area contributed by atoms with Crippen molar-refractivity contribution in [2.75, 3.05) is 26.4 Å². The predicted molar refractivity (Wildman–Crippen MR) is 80.4 cm³/mol. The summed E-state index contributed by atoms with van der Waals surface area (Å²) in [7, 11) is 0. The van der Waals surface area contributed by atoms with Gasteiger partial charge >= 0.3 is 0 Å². The van der Waals surface area contributed by atoms with Gasteiger partial charge in [-0.1, -0.05) is 12.2 Å². The monoisotopic (exact) mass is 300 g/mol. The molecule has 2 fully saturated rings. The molecule has 2 aliphatic rings. The molecule has 2 heterocycles. The van der Waals surface area contributed by atoms with Gasteiger partial charge < -0.3 is 20.5 Å². The van der Waals surface area contributed by atoms with E-state index in [-0.39, 0.29) is 16.9 Å². The Labute approximate surface area is 125 Å². The zero-order valence-corrected chi connectivity index (χ0v) is 12.8. The van der Waals surface area contributed by atoms with E-state index in [1.165, 1.54) is 0 Å². The Hall–Kier alpha value is -0.720. The highest BCUT2D eigenvalue weighted by Gasteiger charge is 2.43. The third-order valence-electron chi connectivity index (χ3n) is 4.58. The summed E-state index contributed by atoms with van der Waals surface area (Å²) in [5.74, 6) is 0.434. The summed E-state index contributed by atoms with van der Waals surface area (Å²) >= 11 is 5.15. The van der Waals surface area contributed by atoms with Crippen molar-refractivity contribution in [3.05, 3.63) is 0 Å². The topological polar surface area (TPSA) is 73.6 Å². The minimum absolute atomic E-state index is 0.0349. The molecule has 5 nitrogen and oxygen atoms in total. The molecular weight excluding hydrogens is 276 g/mol. The number of nitrogens with two attached hydrogens (primary N) is 1. The number of amides is 1. The van der Waals surface area contributed by atoms with E-state index in [0.29, 0.717) is 32.0 Å². The molecule has 0 bridgehead atoms. The van der Waals surface area contributed by atoms with Crippen molar-refractivity contribution in [3.63, 3.8) is 0 Å². The summed E-state index contributed by atoms with van der Waals surface area (Å²) in [4.78, 5) is 12.9. The van der Waals surface area contributed by atoms with Gasteiger partial charge in [-0.25, -0.2) is 0 Å². The quantitative estimate of drug-likeness (QED) is 0.758. The lowest BCUT2D eigenvalue weighted by molar-refractivity contribution is -0.132. The SMILES string of the molecule is CC(NC(=O)C1(C(N)=S)CCOCC1)C1CCOCC1. The number of ether oxygens (including phenoxy) is 2. The Morgan fingerprint density at radius 1 is 1.25 bits per heavy atom. The van der Waals surface area contributed by atoms with Crippen molar-refractivity contribution < 1.29 is 14.3 Å². The van der Waals surface area contributed by atoms with E-state index in [9.17, 15) is 4.79 Å². The minimum atomic E-state index is -0.729. The van der Waals surface area contributed by atoms with Gasteiger partial charge in [0.25, 0.3) is 0 Å². The molecule has 2 saturated heterocycles. The highest BCUT2D eigenvalue weighted by molar-refractivity contribution is 7.80. The Morgan fingerprint density at radius 3 is 2.35 bits per heavy atom. The molecule has 3 N–H and O–H groups in total. The van der Waals surface area contributed by atoms with Crippen molar-refractivity contribution in [1.82, 2.24) is 5.32 Å². The molecule has 1 amide bonds. The Morgan fingerprint density at radius 2 is 1.80 bits per heavy atom. The lowest BCUT2D eigenvalue weighted by Gasteiger charge is -2.37. The minimum Gasteiger partial charge on any atom is -0.392 e. The van der Waals surface area contributed by atoms with Crippen molar-refractivity contribution in [1.29, 1.82) is 0 Å². The van der Waals surface area contributed by atoms with Gasteiger partial charge in [0.05, 0.1) is 4.99 Å². The Kier molecular flexibility index (Phi) is 5.35. The van der Waals surface area contributed by atoms with Crippen LogP contribution < -0.4 is 11.1 Å². The molecule has 0 aliphatic carbocycles. The van der Waals surface area contributed by atoms with Gasteiger partial charge in [0.15, 0.2) is 0 Å². The molecule has 1 unspecified atom stereocenters. The third-order valence-corrected chi connectivity index (χ3v) is 4.98. The van der Waals surface area contributed by atoms with Crippen LogP contribution in [0.4, 0.5) is 0 Å². The second kappa shape index (κ2) is 6.83. The highest BCUT2D eigenvalue weighted by atomic mass is 32.1. The standard InChI is InChI=1S/C14H24N2O3S/c1-10(11-2-6-18-7-3-11)16-13(17)14(12(15)20)4-8-19-9-5-14/h10-11H,2-9H2,1H3,(H2,15,20)(H,16,17). The van der Waals surface area contributed by atoms with Crippen LogP contribution in [0.5, 0.6) is 0 Å². The van der Waals surface area contributed by atoms with E-state index in [1.54, 1.807) is 0 Å². The first-order valence-electron chi connectivity index (χ1n) is 7.32. The fraction of sp³-hybridized carbons (Fsp3) is 0.857. The van der Waals surface area contributed by atoms with Crippen LogP contribution in [0.2, 0.25) is 0 Å². The normalized spacial score (nSPS) is 24.9. The molecule has 114 valence electrons. The van der Waals surface area contributed by atoms with Crippen LogP contribution in [-0.4, -0.2) is 43.4 Å².